The molecule has 19 heavy (non-hydrogen) atoms. The Bertz CT molecular complexity index is 610. The molecular weight excluding hydrogens is 264 g/mol. The van der Waals surface area contributed by atoms with Crippen LogP contribution in [-0.2, 0) is 9.84 Å². The molecule has 6 heteroatoms. The molecule has 2 rings (SSSR count). The molecule has 1 aliphatic rings. The number of aryl methyl sites for hydroxylation is 1. The number of carbonyl (C=O) groups is 1. The molecule has 5 nitrogen and oxygen atoms in total. The summed E-state index contributed by atoms with van der Waals surface area (Å²) in [6.07, 6.45) is 0.512. The minimum atomic E-state index is -2.99. The van der Waals surface area contributed by atoms with E-state index in [9.17, 15) is 13.2 Å². The number of nitrogen functional groups attached to an aromatic ring is 1. The van der Waals surface area contributed by atoms with Crippen LogP contribution in [0.15, 0.2) is 18.2 Å². The second-order valence-corrected chi connectivity index (χ2v) is 7.28. The highest BCUT2D eigenvalue weighted by Crippen LogP contribution is 2.20. The van der Waals surface area contributed by atoms with E-state index < -0.39 is 9.84 Å². The summed E-state index contributed by atoms with van der Waals surface area (Å²) in [5.74, 6) is 0.0683. The van der Waals surface area contributed by atoms with Crippen molar-refractivity contribution in [2.24, 2.45) is 0 Å². The Kier molecular flexibility index (Phi) is 3.54. The molecule has 0 radical (unpaired) electrons. The van der Waals surface area contributed by atoms with E-state index in [0.717, 1.165) is 5.56 Å². The molecule has 1 amide bonds. The summed E-state index contributed by atoms with van der Waals surface area (Å²) in [7, 11) is -1.33. The van der Waals surface area contributed by atoms with E-state index in [0.29, 0.717) is 17.7 Å². The first-order valence-electron chi connectivity index (χ1n) is 6.14. The monoisotopic (exact) mass is 282 g/mol. The number of sulfone groups is 1. The van der Waals surface area contributed by atoms with Crippen LogP contribution in [-0.4, -0.2) is 43.8 Å². The zero-order chi connectivity index (χ0) is 14.2. The molecule has 0 spiro atoms. The number of nitrogens with two attached hydrogens (primary N) is 1. The van der Waals surface area contributed by atoms with E-state index in [4.69, 9.17) is 5.73 Å². The van der Waals surface area contributed by atoms with Crippen LogP contribution < -0.4 is 5.73 Å². The van der Waals surface area contributed by atoms with Crippen LogP contribution in [0.4, 0.5) is 5.69 Å². The quantitative estimate of drug-likeness (QED) is 0.815. The largest absolute Gasteiger partial charge is 0.399 e. The number of hydrogen-bond donors (Lipinski definition) is 1. The van der Waals surface area contributed by atoms with Gasteiger partial charge in [0.25, 0.3) is 5.91 Å². The number of nitrogens with zero attached hydrogens (tertiary/aromatic N) is 1. The highest BCUT2D eigenvalue weighted by molar-refractivity contribution is 7.91. The fourth-order valence-corrected chi connectivity index (χ4v) is 4.14. The average molecular weight is 282 g/mol. The lowest BCUT2D eigenvalue weighted by Gasteiger charge is -2.24. The predicted octanol–water partition coefficient (Wildman–Crippen LogP) is 0.836. The van der Waals surface area contributed by atoms with Gasteiger partial charge >= 0.3 is 0 Å². The van der Waals surface area contributed by atoms with Crippen LogP contribution in [0.25, 0.3) is 0 Å². The Morgan fingerprint density at radius 1 is 1.42 bits per heavy atom. The van der Waals surface area contributed by atoms with Gasteiger partial charge in [0.2, 0.25) is 0 Å². The number of rotatable bonds is 2. The lowest BCUT2D eigenvalue weighted by molar-refractivity contribution is 0.0747. The fourth-order valence-electron chi connectivity index (χ4n) is 2.36. The normalized spacial score (nSPS) is 21.3. The summed E-state index contributed by atoms with van der Waals surface area (Å²) in [6.45, 7) is 1.82. The highest BCUT2D eigenvalue weighted by Gasteiger charge is 2.33. The zero-order valence-electron chi connectivity index (χ0n) is 11.1. The Labute approximate surface area is 113 Å². The first kappa shape index (κ1) is 13.9. The van der Waals surface area contributed by atoms with E-state index in [1.165, 1.54) is 4.90 Å². The molecule has 1 saturated heterocycles. The molecular formula is C13H18N2O3S. The van der Waals surface area contributed by atoms with Gasteiger partial charge in [0.15, 0.2) is 9.84 Å². The molecule has 1 aromatic carbocycles. The minimum absolute atomic E-state index is 0.0588. The van der Waals surface area contributed by atoms with Crippen molar-refractivity contribution in [3.8, 4) is 0 Å². The zero-order valence-corrected chi connectivity index (χ0v) is 11.9. The predicted molar refractivity (Wildman–Crippen MR) is 74.7 cm³/mol. The van der Waals surface area contributed by atoms with Crippen molar-refractivity contribution < 1.29 is 13.2 Å². The minimum Gasteiger partial charge on any atom is -0.399 e. The number of anilines is 1. The molecule has 1 fully saturated rings. The lowest BCUT2D eigenvalue weighted by Crippen LogP contribution is -2.38. The third-order valence-electron chi connectivity index (χ3n) is 3.56. The Morgan fingerprint density at radius 3 is 2.63 bits per heavy atom. The molecule has 1 atom stereocenters. The molecule has 1 heterocycles. The molecule has 2 N–H and O–H groups in total. The molecule has 0 aliphatic carbocycles. The van der Waals surface area contributed by atoms with Gasteiger partial charge in [0, 0.05) is 24.3 Å². The van der Waals surface area contributed by atoms with Gasteiger partial charge in [-0.1, -0.05) is 0 Å². The van der Waals surface area contributed by atoms with Crippen LogP contribution in [0.1, 0.15) is 22.3 Å². The van der Waals surface area contributed by atoms with Crippen molar-refractivity contribution in [3.05, 3.63) is 29.3 Å². The summed E-state index contributed by atoms with van der Waals surface area (Å²) < 4.78 is 22.9. The van der Waals surface area contributed by atoms with E-state index in [1.54, 1.807) is 25.2 Å². The summed E-state index contributed by atoms with van der Waals surface area (Å²) in [6, 6.07) is 4.88. The molecule has 0 saturated carbocycles. The number of hydrogen-bond acceptors (Lipinski definition) is 4. The Hall–Kier alpha value is -1.56. The second-order valence-electron chi connectivity index (χ2n) is 5.05. The maximum Gasteiger partial charge on any atom is 0.254 e. The van der Waals surface area contributed by atoms with Crippen LogP contribution in [0.3, 0.4) is 0 Å². The molecule has 104 valence electrons. The molecule has 0 bridgehead atoms. The summed E-state index contributed by atoms with van der Waals surface area (Å²) in [5.41, 5.74) is 7.64. The van der Waals surface area contributed by atoms with Crippen molar-refractivity contribution in [3.63, 3.8) is 0 Å². The third kappa shape index (κ3) is 2.89. The van der Waals surface area contributed by atoms with Crippen LogP contribution in [0.2, 0.25) is 0 Å². The van der Waals surface area contributed by atoms with Gasteiger partial charge in [-0.3, -0.25) is 4.79 Å². The SMILES string of the molecule is Cc1cc(N)ccc1C(=O)N(C)C1CCS(=O)(=O)C1. The van der Waals surface area contributed by atoms with Crippen molar-refractivity contribution >= 4 is 21.4 Å². The summed E-state index contributed by atoms with van der Waals surface area (Å²) >= 11 is 0. The summed E-state index contributed by atoms with van der Waals surface area (Å²) in [4.78, 5) is 13.9. The van der Waals surface area contributed by atoms with Gasteiger partial charge in [-0.05, 0) is 37.1 Å². The van der Waals surface area contributed by atoms with E-state index in [2.05, 4.69) is 0 Å². The van der Waals surface area contributed by atoms with Crippen molar-refractivity contribution in [1.29, 1.82) is 0 Å². The van der Waals surface area contributed by atoms with Crippen molar-refractivity contribution in [2.75, 3.05) is 24.3 Å². The first-order chi connectivity index (χ1) is 8.80. The van der Waals surface area contributed by atoms with Crippen molar-refractivity contribution in [2.45, 2.75) is 19.4 Å². The summed E-state index contributed by atoms with van der Waals surface area (Å²) in [5, 5.41) is 0. The van der Waals surface area contributed by atoms with Gasteiger partial charge in [0.1, 0.15) is 0 Å². The first-order valence-corrected chi connectivity index (χ1v) is 7.96. The topological polar surface area (TPSA) is 80.5 Å². The molecule has 1 aromatic rings. The number of carbonyl (C=O) groups excluding carboxylic acids is 1. The number of benzene rings is 1. The highest BCUT2D eigenvalue weighted by atomic mass is 32.2. The Balaban J connectivity index is 2.20. The molecule has 1 aliphatic heterocycles. The van der Waals surface area contributed by atoms with Crippen LogP contribution in [0, 0.1) is 6.92 Å². The van der Waals surface area contributed by atoms with Crippen LogP contribution in [0.5, 0.6) is 0 Å². The van der Waals surface area contributed by atoms with E-state index in [-0.39, 0.29) is 23.5 Å². The van der Waals surface area contributed by atoms with E-state index in [1.807, 2.05) is 6.92 Å². The molecule has 1 unspecified atom stereocenters. The van der Waals surface area contributed by atoms with Crippen LogP contribution >= 0.6 is 0 Å². The van der Waals surface area contributed by atoms with Gasteiger partial charge in [-0.15, -0.1) is 0 Å². The Morgan fingerprint density at radius 2 is 2.11 bits per heavy atom. The maximum atomic E-state index is 12.4. The van der Waals surface area contributed by atoms with Crippen molar-refractivity contribution in [1.82, 2.24) is 4.90 Å². The average Bonchev–Trinajstić information content (AvgIpc) is 2.68. The van der Waals surface area contributed by atoms with Gasteiger partial charge in [0.05, 0.1) is 11.5 Å². The number of amides is 1. The lowest BCUT2D eigenvalue weighted by atomic mass is 10.1. The molecule has 0 aromatic heterocycles. The van der Waals surface area contributed by atoms with E-state index >= 15 is 0 Å². The standard InChI is InChI=1S/C13H18N2O3S/c1-9-7-10(14)3-4-12(9)13(16)15(2)11-5-6-19(17,18)8-11/h3-4,7,11H,5-6,8,14H2,1-2H3. The third-order valence-corrected chi connectivity index (χ3v) is 5.31. The second kappa shape index (κ2) is 4.85. The van der Waals surface area contributed by atoms with Gasteiger partial charge < -0.3 is 10.6 Å². The van der Waals surface area contributed by atoms with Gasteiger partial charge in [-0.2, -0.15) is 0 Å². The maximum absolute atomic E-state index is 12.4. The van der Waals surface area contributed by atoms with Gasteiger partial charge in [-0.25, -0.2) is 8.42 Å². The smallest absolute Gasteiger partial charge is 0.254 e. The fraction of sp³-hybridized carbons (Fsp3) is 0.462.